The van der Waals surface area contributed by atoms with Crippen LogP contribution in [0.5, 0.6) is 5.75 Å². The summed E-state index contributed by atoms with van der Waals surface area (Å²) in [6.07, 6.45) is 0. The maximum atomic E-state index is 5.52. The van der Waals surface area contributed by atoms with E-state index >= 15 is 0 Å². The van der Waals surface area contributed by atoms with Gasteiger partial charge in [0.1, 0.15) is 11.6 Å². The lowest BCUT2D eigenvalue weighted by Crippen LogP contribution is -1.96. The molecular weight excluding hydrogens is 226 g/mol. The number of nitrogens with zero attached hydrogens (tertiary/aromatic N) is 2. The number of ether oxygens (including phenoxy) is 1. The molecule has 0 radical (unpaired) electrons. The zero-order valence-corrected chi connectivity index (χ0v) is 10.9. The highest BCUT2D eigenvalue weighted by molar-refractivity contribution is 5.62. The summed E-state index contributed by atoms with van der Waals surface area (Å²) in [6.45, 7) is 4.69. The van der Waals surface area contributed by atoms with Gasteiger partial charge in [0.15, 0.2) is 0 Å². The normalized spacial score (nSPS) is 10.2. The van der Waals surface area contributed by atoms with Gasteiger partial charge >= 0.3 is 0 Å². The van der Waals surface area contributed by atoms with Crippen LogP contribution in [0.4, 0.5) is 5.82 Å². The number of hydrogen-bond donors (Lipinski definition) is 1. The van der Waals surface area contributed by atoms with Gasteiger partial charge < -0.3 is 10.1 Å². The van der Waals surface area contributed by atoms with Gasteiger partial charge in [0.05, 0.1) is 12.3 Å². The number of aromatic nitrogens is 2. The molecule has 2 aromatic rings. The van der Waals surface area contributed by atoms with Crippen molar-refractivity contribution in [3.63, 3.8) is 0 Å². The lowest BCUT2D eigenvalue weighted by atomic mass is 10.1. The van der Waals surface area contributed by atoms with Gasteiger partial charge in [-0.25, -0.2) is 0 Å². The molecule has 0 unspecified atom stereocenters. The quantitative estimate of drug-likeness (QED) is 0.897. The maximum Gasteiger partial charge on any atom is 0.148 e. The van der Waals surface area contributed by atoms with Crippen LogP contribution in [-0.4, -0.2) is 23.9 Å². The lowest BCUT2D eigenvalue weighted by Gasteiger charge is -2.08. The van der Waals surface area contributed by atoms with Crippen molar-refractivity contribution in [1.29, 1.82) is 0 Å². The number of aryl methyl sites for hydroxylation is 1. The minimum Gasteiger partial charge on any atom is -0.494 e. The highest BCUT2D eigenvalue weighted by atomic mass is 16.5. The zero-order valence-electron chi connectivity index (χ0n) is 10.9. The van der Waals surface area contributed by atoms with Crippen LogP contribution < -0.4 is 10.1 Å². The highest BCUT2D eigenvalue weighted by Gasteiger charge is 2.04. The molecule has 0 aliphatic carbocycles. The molecule has 1 aromatic carbocycles. The van der Waals surface area contributed by atoms with Crippen LogP contribution in [0.25, 0.3) is 11.3 Å². The second-order valence-corrected chi connectivity index (χ2v) is 3.97. The van der Waals surface area contributed by atoms with Gasteiger partial charge in [-0.2, -0.15) is 0 Å². The summed E-state index contributed by atoms with van der Waals surface area (Å²) in [5.74, 6) is 1.68. The minimum atomic E-state index is 0.677. The topological polar surface area (TPSA) is 47.0 Å². The zero-order chi connectivity index (χ0) is 13.0. The molecule has 0 saturated carbocycles. The molecule has 1 N–H and O–H groups in total. The molecule has 0 amide bonds. The third-order valence-corrected chi connectivity index (χ3v) is 2.69. The van der Waals surface area contributed by atoms with E-state index in [9.17, 15) is 0 Å². The summed E-state index contributed by atoms with van der Waals surface area (Å²) in [6, 6.07) is 9.90. The number of hydrogen-bond acceptors (Lipinski definition) is 4. The van der Waals surface area contributed by atoms with E-state index < -0.39 is 0 Å². The monoisotopic (exact) mass is 243 g/mol. The summed E-state index contributed by atoms with van der Waals surface area (Å²) >= 11 is 0. The molecule has 2 rings (SSSR count). The van der Waals surface area contributed by atoms with Crippen molar-refractivity contribution < 1.29 is 4.74 Å². The molecule has 0 spiro atoms. The standard InChI is InChI=1S/C14H17N3O/c1-4-18-13-7-5-11(9-10(13)2)12-6-8-14(15-3)17-16-12/h5-9H,4H2,1-3H3,(H,15,17). The van der Waals surface area contributed by atoms with Gasteiger partial charge in [0.25, 0.3) is 0 Å². The Morgan fingerprint density at radius 2 is 2.00 bits per heavy atom. The molecule has 18 heavy (non-hydrogen) atoms. The Balaban J connectivity index is 2.30. The van der Waals surface area contributed by atoms with Crippen molar-refractivity contribution in [3.8, 4) is 17.0 Å². The first kappa shape index (κ1) is 12.4. The number of rotatable bonds is 4. The maximum absolute atomic E-state index is 5.52. The van der Waals surface area contributed by atoms with E-state index in [1.807, 2.05) is 45.2 Å². The second-order valence-electron chi connectivity index (χ2n) is 3.97. The van der Waals surface area contributed by atoms with Gasteiger partial charge in [-0.15, -0.1) is 10.2 Å². The van der Waals surface area contributed by atoms with E-state index in [4.69, 9.17) is 4.74 Å². The average Bonchev–Trinajstić information content (AvgIpc) is 2.41. The fourth-order valence-electron chi connectivity index (χ4n) is 1.75. The summed E-state index contributed by atoms with van der Waals surface area (Å²) < 4.78 is 5.52. The van der Waals surface area contributed by atoms with E-state index in [-0.39, 0.29) is 0 Å². The Labute approximate surface area is 107 Å². The molecule has 0 bridgehead atoms. The van der Waals surface area contributed by atoms with Crippen molar-refractivity contribution >= 4 is 5.82 Å². The SMILES string of the molecule is CCOc1ccc(-c2ccc(NC)nn2)cc1C. The Morgan fingerprint density at radius 3 is 2.56 bits per heavy atom. The summed E-state index contributed by atoms with van der Waals surface area (Å²) in [7, 11) is 1.82. The fraction of sp³-hybridized carbons (Fsp3) is 0.286. The average molecular weight is 243 g/mol. The van der Waals surface area contributed by atoms with E-state index in [1.165, 1.54) is 0 Å². The lowest BCUT2D eigenvalue weighted by molar-refractivity contribution is 0.338. The first-order valence-electron chi connectivity index (χ1n) is 6.00. The van der Waals surface area contributed by atoms with Crippen molar-refractivity contribution in [2.75, 3.05) is 19.0 Å². The molecule has 0 aliphatic heterocycles. The van der Waals surface area contributed by atoms with E-state index in [0.717, 1.165) is 28.4 Å². The van der Waals surface area contributed by atoms with Crippen LogP contribution in [-0.2, 0) is 0 Å². The Bertz CT molecular complexity index is 523. The van der Waals surface area contributed by atoms with Gasteiger partial charge in [0.2, 0.25) is 0 Å². The van der Waals surface area contributed by atoms with E-state index in [2.05, 4.69) is 21.6 Å². The number of nitrogens with one attached hydrogen (secondary N) is 1. The first-order valence-corrected chi connectivity index (χ1v) is 6.00. The molecule has 0 fully saturated rings. The van der Waals surface area contributed by atoms with Gasteiger partial charge in [0, 0.05) is 12.6 Å². The molecular formula is C14H17N3O. The van der Waals surface area contributed by atoms with Gasteiger partial charge in [-0.3, -0.25) is 0 Å². The van der Waals surface area contributed by atoms with Crippen LogP contribution >= 0.6 is 0 Å². The third-order valence-electron chi connectivity index (χ3n) is 2.69. The summed E-state index contributed by atoms with van der Waals surface area (Å²) in [5.41, 5.74) is 3.01. The Hall–Kier alpha value is -2.10. The van der Waals surface area contributed by atoms with Crippen LogP contribution in [0.3, 0.4) is 0 Å². The second kappa shape index (κ2) is 5.49. The predicted molar refractivity (Wildman–Crippen MR) is 72.9 cm³/mol. The molecule has 0 aliphatic rings. The van der Waals surface area contributed by atoms with E-state index in [1.54, 1.807) is 0 Å². The van der Waals surface area contributed by atoms with Crippen molar-refractivity contribution in [2.24, 2.45) is 0 Å². The van der Waals surface area contributed by atoms with Crippen LogP contribution in [0.15, 0.2) is 30.3 Å². The Kier molecular flexibility index (Phi) is 3.77. The van der Waals surface area contributed by atoms with E-state index in [0.29, 0.717) is 6.61 Å². The van der Waals surface area contributed by atoms with Crippen molar-refractivity contribution in [1.82, 2.24) is 10.2 Å². The van der Waals surface area contributed by atoms with Crippen molar-refractivity contribution in [2.45, 2.75) is 13.8 Å². The molecule has 94 valence electrons. The first-order chi connectivity index (χ1) is 8.74. The van der Waals surface area contributed by atoms with Crippen LogP contribution in [0, 0.1) is 6.92 Å². The molecule has 1 aromatic heterocycles. The molecule has 1 heterocycles. The largest absolute Gasteiger partial charge is 0.494 e. The Morgan fingerprint density at radius 1 is 1.17 bits per heavy atom. The number of anilines is 1. The molecule has 4 heteroatoms. The van der Waals surface area contributed by atoms with Gasteiger partial charge in [-0.05, 0) is 49.7 Å². The van der Waals surface area contributed by atoms with Gasteiger partial charge in [-0.1, -0.05) is 0 Å². The molecule has 4 nitrogen and oxygen atoms in total. The molecule has 0 atom stereocenters. The van der Waals surface area contributed by atoms with Crippen LogP contribution in [0.2, 0.25) is 0 Å². The molecule has 0 saturated heterocycles. The van der Waals surface area contributed by atoms with Crippen LogP contribution in [0.1, 0.15) is 12.5 Å². The summed E-state index contributed by atoms with van der Waals surface area (Å²) in [4.78, 5) is 0. The minimum absolute atomic E-state index is 0.677. The highest BCUT2D eigenvalue weighted by Crippen LogP contribution is 2.25. The smallest absolute Gasteiger partial charge is 0.148 e. The fourth-order valence-corrected chi connectivity index (χ4v) is 1.75. The summed E-state index contributed by atoms with van der Waals surface area (Å²) in [5, 5.41) is 11.2. The van der Waals surface area contributed by atoms with Crippen molar-refractivity contribution in [3.05, 3.63) is 35.9 Å². The number of benzene rings is 1. The predicted octanol–water partition coefficient (Wildman–Crippen LogP) is 2.89. The third kappa shape index (κ3) is 2.59.